The fourth-order valence-electron chi connectivity index (χ4n) is 3.43. The molecule has 0 aromatic heterocycles. The Labute approximate surface area is 128 Å². The topological polar surface area (TPSA) is 40.6 Å². The first-order chi connectivity index (χ1) is 9.61. The zero-order chi connectivity index (χ0) is 14.6. The first-order valence-electron chi connectivity index (χ1n) is 7.95. The standard InChI is InChI=1S/C14H27ClN2O2S/c1-2-13-8-4-3-6-10-16(13)20(18,19)17-11-7-5-9-14(17)12-15/h13-14H,2-12H2,1H3. The van der Waals surface area contributed by atoms with Gasteiger partial charge >= 0.3 is 0 Å². The van der Waals surface area contributed by atoms with Crippen LogP contribution in [0.2, 0.25) is 0 Å². The van der Waals surface area contributed by atoms with Crippen molar-refractivity contribution in [1.29, 1.82) is 0 Å². The maximum Gasteiger partial charge on any atom is 0.282 e. The van der Waals surface area contributed by atoms with Gasteiger partial charge < -0.3 is 0 Å². The smallest absolute Gasteiger partial charge is 0.195 e. The third-order valence-corrected chi connectivity index (χ3v) is 7.14. The summed E-state index contributed by atoms with van der Waals surface area (Å²) >= 11 is 6.00. The molecule has 0 aromatic carbocycles. The normalized spacial score (nSPS) is 31.1. The first-order valence-corrected chi connectivity index (χ1v) is 9.89. The Morgan fingerprint density at radius 1 is 0.950 bits per heavy atom. The van der Waals surface area contributed by atoms with Gasteiger partial charge in [-0.3, -0.25) is 0 Å². The van der Waals surface area contributed by atoms with E-state index in [2.05, 4.69) is 6.92 Å². The van der Waals surface area contributed by atoms with Crippen molar-refractivity contribution >= 4 is 21.8 Å². The van der Waals surface area contributed by atoms with Crippen LogP contribution in [0.25, 0.3) is 0 Å². The van der Waals surface area contributed by atoms with Gasteiger partial charge in [0.15, 0.2) is 0 Å². The number of hydrogen-bond donors (Lipinski definition) is 0. The molecule has 2 heterocycles. The highest BCUT2D eigenvalue weighted by Crippen LogP contribution is 2.28. The second-order valence-corrected chi connectivity index (χ2v) is 8.09. The lowest BCUT2D eigenvalue weighted by atomic mass is 10.1. The largest absolute Gasteiger partial charge is 0.282 e. The van der Waals surface area contributed by atoms with E-state index in [1.54, 1.807) is 8.61 Å². The molecule has 0 spiro atoms. The van der Waals surface area contributed by atoms with Crippen molar-refractivity contribution in [1.82, 2.24) is 8.61 Å². The highest BCUT2D eigenvalue weighted by molar-refractivity contribution is 7.86. The third kappa shape index (κ3) is 3.49. The summed E-state index contributed by atoms with van der Waals surface area (Å²) in [6.07, 6.45) is 8.10. The molecule has 0 bridgehead atoms. The summed E-state index contributed by atoms with van der Waals surface area (Å²) in [5.41, 5.74) is 0. The van der Waals surface area contributed by atoms with Crippen molar-refractivity contribution in [2.45, 2.75) is 70.4 Å². The lowest BCUT2D eigenvalue weighted by Crippen LogP contribution is -2.53. The second kappa shape index (κ2) is 7.43. The molecule has 118 valence electrons. The fraction of sp³-hybridized carbons (Fsp3) is 1.00. The minimum Gasteiger partial charge on any atom is -0.195 e. The Balaban J connectivity index is 2.21. The van der Waals surface area contributed by atoms with Crippen LogP contribution in [0.1, 0.15) is 58.3 Å². The van der Waals surface area contributed by atoms with Crippen LogP contribution < -0.4 is 0 Å². The number of rotatable bonds is 4. The van der Waals surface area contributed by atoms with Crippen molar-refractivity contribution in [3.63, 3.8) is 0 Å². The maximum absolute atomic E-state index is 13.0. The van der Waals surface area contributed by atoms with E-state index in [0.29, 0.717) is 19.0 Å². The van der Waals surface area contributed by atoms with Crippen molar-refractivity contribution in [3.05, 3.63) is 0 Å². The molecule has 2 aliphatic rings. The summed E-state index contributed by atoms with van der Waals surface area (Å²) < 4.78 is 29.5. The van der Waals surface area contributed by atoms with Gasteiger partial charge in [0, 0.05) is 31.1 Å². The first kappa shape index (κ1) is 16.5. The predicted molar refractivity (Wildman–Crippen MR) is 83.2 cm³/mol. The Bertz CT molecular complexity index is 402. The van der Waals surface area contributed by atoms with Gasteiger partial charge in [0.1, 0.15) is 0 Å². The molecule has 2 unspecified atom stereocenters. The van der Waals surface area contributed by atoms with Crippen LogP contribution in [-0.4, -0.2) is 48.1 Å². The van der Waals surface area contributed by atoms with Crippen LogP contribution in [0.3, 0.4) is 0 Å². The number of piperidine rings is 1. The summed E-state index contributed by atoms with van der Waals surface area (Å²) in [6, 6.07) is 0.150. The monoisotopic (exact) mass is 322 g/mol. The SMILES string of the molecule is CCC1CCCCCN1S(=O)(=O)N1CCCCC1CCl. The van der Waals surface area contributed by atoms with Gasteiger partial charge in [0.25, 0.3) is 10.2 Å². The van der Waals surface area contributed by atoms with Crippen molar-refractivity contribution in [3.8, 4) is 0 Å². The lowest BCUT2D eigenvalue weighted by Gasteiger charge is -2.39. The molecule has 2 atom stereocenters. The van der Waals surface area contributed by atoms with E-state index in [1.165, 1.54) is 0 Å². The molecule has 6 heteroatoms. The molecular weight excluding hydrogens is 296 g/mol. The van der Waals surface area contributed by atoms with Crippen LogP contribution in [0.15, 0.2) is 0 Å². The van der Waals surface area contributed by atoms with Crippen LogP contribution in [0.4, 0.5) is 0 Å². The van der Waals surface area contributed by atoms with E-state index >= 15 is 0 Å². The average molecular weight is 323 g/mol. The highest BCUT2D eigenvalue weighted by atomic mass is 35.5. The summed E-state index contributed by atoms with van der Waals surface area (Å²) in [5, 5.41) is 0. The molecule has 0 aliphatic carbocycles. The van der Waals surface area contributed by atoms with Crippen molar-refractivity contribution in [2.24, 2.45) is 0 Å². The second-order valence-electron chi connectivity index (χ2n) is 5.94. The van der Waals surface area contributed by atoms with E-state index in [1.807, 2.05) is 0 Å². The van der Waals surface area contributed by atoms with Gasteiger partial charge in [-0.25, -0.2) is 0 Å². The molecule has 20 heavy (non-hydrogen) atoms. The molecule has 2 aliphatic heterocycles. The third-order valence-electron chi connectivity index (χ3n) is 4.64. The minimum absolute atomic E-state index is 0.0174. The Kier molecular flexibility index (Phi) is 6.14. The molecule has 4 nitrogen and oxygen atoms in total. The van der Waals surface area contributed by atoms with Crippen LogP contribution in [-0.2, 0) is 10.2 Å². The van der Waals surface area contributed by atoms with Crippen LogP contribution in [0, 0.1) is 0 Å². The number of halogens is 1. The maximum atomic E-state index is 13.0. The molecule has 0 radical (unpaired) electrons. The quantitative estimate of drug-likeness (QED) is 0.747. The van der Waals surface area contributed by atoms with E-state index < -0.39 is 10.2 Å². The Morgan fingerprint density at radius 3 is 2.15 bits per heavy atom. The van der Waals surface area contributed by atoms with Gasteiger partial charge in [-0.05, 0) is 32.1 Å². The summed E-state index contributed by atoms with van der Waals surface area (Å²) in [5.74, 6) is 0.407. The zero-order valence-corrected chi connectivity index (χ0v) is 14.0. The summed E-state index contributed by atoms with van der Waals surface area (Å²) in [6.45, 7) is 3.40. The molecule has 2 fully saturated rings. The van der Waals surface area contributed by atoms with Gasteiger partial charge in [-0.1, -0.05) is 26.2 Å². The number of hydrogen-bond acceptors (Lipinski definition) is 2. The molecule has 2 rings (SSSR count). The van der Waals surface area contributed by atoms with Crippen LogP contribution in [0.5, 0.6) is 0 Å². The van der Waals surface area contributed by atoms with Gasteiger partial charge in [0.2, 0.25) is 0 Å². The molecule has 0 saturated carbocycles. The van der Waals surface area contributed by atoms with Crippen molar-refractivity contribution in [2.75, 3.05) is 19.0 Å². The molecular formula is C14H27ClN2O2S. The van der Waals surface area contributed by atoms with Crippen LogP contribution >= 0.6 is 11.6 Å². The fourth-order valence-corrected chi connectivity index (χ4v) is 6.01. The highest BCUT2D eigenvalue weighted by Gasteiger charge is 2.39. The molecule has 0 aromatic rings. The van der Waals surface area contributed by atoms with E-state index in [9.17, 15) is 8.42 Å². The van der Waals surface area contributed by atoms with Gasteiger partial charge in [-0.2, -0.15) is 17.0 Å². The number of nitrogens with zero attached hydrogens (tertiary/aromatic N) is 2. The summed E-state index contributed by atoms with van der Waals surface area (Å²) in [4.78, 5) is 0. The van der Waals surface area contributed by atoms with E-state index in [0.717, 1.165) is 51.4 Å². The number of alkyl halides is 1. The molecule has 0 N–H and O–H groups in total. The zero-order valence-electron chi connectivity index (χ0n) is 12.4. The predicted octanol–water partition coefficient (Wildman–Crippen LogP) is 2.98. The molecule has 0 amide bonds. The van der Waals surface area contributed by atoms with Gasteiger partial charge in [-0.15, -0.1) is 11.6 Å². The minimum atomic E-state index is -3.35. The van der Waals surface area contributed by atoms with Crippen molar-refractivity contribution < 1.29 is 8.42 Å². The molecule has 2 saturated heterocycles. The summed E-state index contributed by atoms with van der Waals surface area (Å²) in [7, 11) is -3.35. The Hall–Kier alpha value is 0.160. The van der Waals surface area contributed by atoms with Gasteiger partial charge in [0.05, 0.1) is 0 Å². The average Bonchev–Trinajstić information content (AvgIpc) is 2.72. The lowest BCUT2D eigenvalue weighted by molar-refractivity contribution is 0.227. The van der Waals surface area contributed by atoms with E-state index in [-0.39, 0.29) is 12.1 Å². The Morgan fingerprint density at radius 2 is 1.50 bits per heavy atom. The van der Waals surface area contributed by atoms with E-state index in [4.69, 9.17) is 11.6 Å².